The monoisotopic (exact) mass is 375 g/mol. The molecule has 0 unspecified atom stereocenters. The molecule has 0 N–H and O–H groups in total. The third kappa shape index (κ3) is 17.0. The van der Waals surface area contributed by atoms with Crippen LogP contribution >= 0.6 is 0 Å². The Morgan fingerprint density at radius 1 is 0.885 bits per heavy atom. The van der Waals surface area contributed by atoms with E-state index in [1.807, 2.05) is 48.5 Å². The van der Waals surface area contributed by atoms with Gasteiger partial charge in [-0.3, -0.25) is 9.59 Å². The molecule has 0 aliphatic heterocycles. The topological polar surface area (TPSA) is 82.1 Å². The smallest absolute Gasteiger partial charge is 0.409 e. The fraction of sp³-hybridized carbons (Fsp3) is 0.842. The Hall–Kier alpha value is -1.79. The van der Waals surface area contributed by atoms with E-state index in [4.69, 9.17) is 14.2 Å². The lowest BCUT2D eigenvalue weighted by molar-refractivity contribution is -0.154. The van der Waals surface area contributed by atoms with Crippen molar-refractivity contribution in [1.29, 1.82) is 0 Å². The van der Waals surface area contributed by atoms with Crippen molar-refractivity contribution in [3.05, 3.63) is 0 Å². The molecule has 0 aromatic rings. The van der Waals surface area contributed by atoms with Crippen molar-refractivity contribution >= 4 is 18.0 Å². The molecule has 26 heavy (non-hydrogen) atoms. The Balaban J connectivity index is 0. The van der Waals surface area contributed by atoms with E-state index in [-0.39, 0.29) is 24.0 Å². The Morgan fingerprint density at radius 2 is 1.35 bits per heavy atom. The van der Waals surface area contributed by atoms with Gasteiger partial charge in [0, 0.05) is 14.0 Å². The highest BCUT2D eigenvalue weighted by molar-refractivity contribution is 5.75. The summed E-state index contributed by atoms with van der Waals surface area (Å²) in [6.45, 7) is 16.3. The van der Waals surface area contributed by atoms with Gasteiger partial charge in [-0.1, -0.05) is 27.7 Å². The lowest BCUT2D eigenvalue weighted by Gasteiger charge is -2.17. The van der Waals surface area contributed by atoms with E-state index in [9.17, 15) is 14.4 Å². The van der Waals surface area contributed by atoms with Crippen LogP contribution in [0.15, 0.2) is 0 Å². The molecular formula is C19H37NO6. The van der Waals surface area contributed by atoms with Crippen LogP contribution in [-0.4, -0.2) is 56.3 Å². The summed E-state index contributed by atoms with van der Waals surface area (Å²) in [5.74, 6) is 0.266. The first-order valence-corrected chi connectivity index (χ1v) is 8.95. The van der Waals surface area contributed by atoms with Crippen molar-refractivity contribution < 1.29 is 28.6 Å². The number of ether oxygens (including phenoxy) is 3. The molecule has 0 heterocycles. The molecule has 0 bridgehead atoms. The number of likely N-dealkylation sites (N-methyl/N-ethyl adjacent to an activating group) is 1. The minimum atomic E-state index is -0.393. The van der Waals surface area contributed by atoms with Crippen LogP contribution in [0.5, 0.6) is 0 Å². The van der Waals surface area contributed by atoms with Crippen molar-refractivity contribution in [1.82, 2.24) is 4.90 Å². The SMILES string of the molecule is CC(=O)OCCN(C)C(=O)OCC(C)C.CC(C)COC(=O)C(C)(C)C. The number of rotatable bonds is 7. The van der Waals surface area contributed by atoms with E-state index in [1.54, 1.807) is 7.05 Å². The summed E-state index contributed by atoms with van der Waals surface area (Å²) < 4.78 is 14.7. The molecule has 0 rings (SSSR count). The van der Waals surface area contributed by atoms with Gasteiger partial charge < -0.3 is 19.1 Å². The fourth-order valence-corrected chi connectivity index (χ4v) is 1.22. The van der Waals surface area contributed by atoms with E-state index in [1.165, 1.54) is 11.8 Å². The number of nitrogens with zero attached hydrogens (tertiary/aromatic N) is 1. The standard InChI is InChI=1S/C10H19NO4.C9H18O2/c1-8(2)7-15-10(13)11(4)5-6-14-9(3)12;1-7(2)6-11-8(10)9(3,4)5/h8H,5-7H2,1-4H3;7H,6H2,1-5H3. The second kappa shape index (κ2) is 13.4. The van der Waals surface area contributed by atoms with Crippen molar-refractivity contribution in [2.24, 2.45) is 17.3 Å². The molecule has 0 fully saturated rings. The van der Waals surface area contributed by atoms with Crippen LogP contribution in [0, 0.1) is 17.3 Å². The number of amides is 1. The molecule has 0 aromatic carbocycles. The van der Waals surface area contributed by atoms with Gasteiger partial charge in [0.15, 0.2) is 0 Å². The van der Waals surface area contributed by atoms with Crippen LogP contribution in [0.4, 0.5) is 4.79 Å². The van der Waals surface area contributed by atoms with Crippen LogP contribution in [-0.2, 0) is 23.8 Å². The average Bonchev–Trinajstić information content (AvgIpc) is 2.49. The summed E-state index contributed by atoms with van der Waals surface area (Å²) in [7, 11) is 1.60. The second-order valence-corrected chi connectivity index (χ2v) is 7.97. The van der Waals surface area contributed by atoms with Crippen molar-refractivity contribution in [3.63, 3.8) is 0 Å². The maximum atomic E-state index is 11.3. The van der Waals surface area contributed by atoms with Crippen molar-refractivity contribution in [2.75, 3.05) is 33.4 Å². The molecule has 1 amide bonds. The van der Waals surface area contributed by atoms with Gasteiger partial charge in [-0.15, -0.1) is 0 Å². The van der Waals surface area contributed by atoms with Crippen molar-refractivity contribution in [3.8, 4) is 0 Å². The molecule has 0 aromatic heterocycles. The van der Waals surface area contributed by atoms with Crippen LogP contribution in [0.3, 0.4) is 0 Å². The van der Waals surface area contributed by atoms with Crippen LogP contribution in [0.1, 0.15) is 55.4 Å². The van der Waals surface area contributed by atoms with Gasteiger partial charge in [-0.2, -0.15) is 0 Å². The molecule has 0 saturated carbocycles. The largest absolute Gasteiger partial charge is 0.465 e. The Morgan fingerprint density at radius 3 is 1.73 bits per heavy atom. The normalized spacial score (nSPS) is 10.7. The van der Waals surface area contributed by atoms with E-state index in [2.05, 4.69) is 0 Å². The minimum absolute atomic E-state index is 0.119. The summed E-state index contributed by atoms with van der Waals surface area (Å²) >= 11 is 0. The Labute approximate surface area is 158 Å². The van der Waals surface area contributed by atoms with Crippen LogP contribution in [0.25, 0.3) is 0 Å². The molecule has 0 atom stereocenters. The molecule has 0 saturated heterocycles. The number of carbonyl (C=O) groups is 3. The van der Waals surface area contributed by atoms with Gasteiger partial charge in [0.1, 0.15) is 6.61 Å². The van der Waals surface area contributed by atoms with Gasteiger partial charge >= 0.3 is 18.0 Å². The molecule has 0 aliphatic rings. The lowest BCUT2D eigenvalue weighted by Crippen LogP contribution is -2.31. The van der Waals surface area contributed by atoms with E-state index in [0.717, 1.165) is 0 Å². The quantitative estimate of drug-likeness (QED) is 0.500. The highest BCUT2D eigenvalue weighted by Gasteiger charge is 2.22. The fourth-order valence-electron chi connectivity index (χ4n) is 1.22. The third-order valence-corrected chi connectivity index (χ3v) is 2.74. The van der Waals surface area contributed by atoms with Gasteiger partial charge in [-0.05, 0) is 32.6 Å². The third-order valence-electron chi connectivity index (χ3n) is 2.74. The summed E-state index contributed by atoms with van der Waals surface area (Å²) in [5.41, 5.74) is -0.366. The Kier molecular flexibility index (Phi) is 13.6. The highest BCUT2D eigenvalue weighted by atomic mass is 16.6. The average molecular weight is 376 g/mol. The zero-order chi connectivity index (χ0) is 20.9. The maximum Gasteiger partial charge on any atom is 0.409 e. The molecular weight excluding hydrogens is 338 g/mol. The van der Waals surface area contributed by atoms with E-state index >= 15 is 0 Å². The number of hydrogen-bond donors (Lipinski definition) is 0. The van der Waals surface area contributed by atoms with Gasteiger partial charge in [0.25, 0.3) is 0 Å². The Bertz CT molecular complexity index is 426. The second-order valence-electron chi connectivity index (χ2n) is 7.97. The van der Waals surface area contributed by atoms with Gasteiger partial charge in [0.05, 0.1) is 25.2 Å². The number of esters is 2. The highest BCUT2D eigenvalue weighted by Crippen LogP contribution is 2.15. The summed E-state index contributed by atoms with van der Waals surface area (Å²) in [4.78, 5) is 34.3. The summed E-state index contributed by atoms with van der Waals surface area (Å²) in [5, 5.41) is 0. The molecule has 7 heteroatoms. The van der Waals surface area contributed by atoms with E-state index in [0.29, 0.717) is 31.6 Å². The van der Waals surface area contributed by atoms with Gasteiger partial charge in [-0.25, -0.2) is 4.79 Å². The number of carbonyl (C=O) groups excluding carboxylic acids is 3. The predicted octanol–water partition coefficient (Wildman–Crippen LogP) is 3.51. The molecule has 0 spiro atoms. The molecule has 0 radical (unpaired) electrons. The molecule has 154 valence electrons. The van der Waals surface area contributed by atoms with Crippen LogP contribution in [0.2, 0.25) is 0 Å². The molecule has 7 nitrogen and oxygen atoms in total. The zero-order valence-electron chi connectivity index (χ0n) is 17.9. The first kappa shape index (κ1) is 26.4. The lowest BCUT2D eigenvalue weighted by atomic mass is 9.97. The molecule has 0 aliphatic carbocycles. The van der Waals surface area contributed by atoms with Crippen LogP contribution < -0.4 is 0 Å². The first-order chi connectivity index (χ1) is 11.8. The van der Waals surface area contributed by atoms with Gasteiger partial charge in [0.2, 0.25) is 0 Å². The first-order valence-electron chi connectivity index (χ1n) is 8.95. The van der Waals surface area contributed by atoms with E-state index < -0.39 is 6.09 Å². The van der Waals surface area contributed by atoms with Crippen molar-refractivity contribution in [2.45, 2.75) is 55.4 Å². The maximum absolute atomic E-state index is 11.3. The minimum Gasteiger partial charge on any atom is -0.465 e. The zero-order valence-corrected chi connectivity index (χ0v) is 17.9. The predicted molar refractivity (Wildman–Crippen MR) is 101 cm³/mol. The summed E-state index contributed by atoms with van der Waals surface area (Å²) in [6, 6.07) is 0. The summed E-state index contributed by atoms with van der Waals surface area (Å²) in [6.07, 6.45) is -0.393. The number of hydrogen-bond acceptors (Lipinski definition) is 6.